The maximum atomic E-state index is 6.62. The van der Waals surface area contributed by atoms with E-state index in [-0.39, 0.29) is 0 Å². The molecule has 0 radical (unpaired) electrons. The van der Waals surface area contributed by atoms with Crippen LogP contribution in [0.2, 0.25) is 0 Å². The van der Waals surface area contributed by atoms with Crippen molar-refractivity contribution in [1.82, 2.24) is 15.0 Å². The van der Waals surface area contributed by atoms with Crippen molar-refractivity contribution in [2.24, 2.45) is 0 Å². The number of furan rings is 2. The third kappa shape index (κ3) is 6.82. The molecule has 350 valence electrons. The summed E-state index contributed by atoms with van der Waals surface area (Å²) >= 11 is 0. The van der Waals surface area contributed by atoms with Crippen LogP contribution in [-0.2, 0) is 5.41 Å². The zero-order chi connectivity index (χ0) is 49.5. The highest BCUT2D eigenvalue weighted by molar-refractivity contribution is 6.13. The van der Waals surface area contributed by atoms with E-state index in [0.29, 0.717) is 17.5 Å². The van der Waals surface area contributed by atoms with Crippen molar-refractivity contribution in [2.75, 3.05) is 0 Å². The van der Waals surface area contributed by atoms with Gasteiger partial charge in [0.1, 0.15) is 22.3 Å². The molecule has 0 amide bonds. The summed E-state index contributed by atoms with van der Waals surface area (Å²) in [6.45, 7) is 0. The molecule has 0 fully saturated rings. The lowest BCUT2D eigenvalue weighted by atomic mass is 9.67. The van der Waals surface area contributed by atoms with Crippen LogP contribution in [0.1, 0.15) is 22.3 Å². The summed E-state index contributed by atoms with van der Waals surface area (Å²) in [6.07, 6.45) is 0. The lowest BCUT2D eigenvalue weighted by Crippen LogP contribution is -2.28. The third-order valence-corrected chi connectivity index (χ3v) is 15.3. The first-order valence-corrected chi connectivity index (χ1v) is 25.4. The van der Waals surface area contributed by atoms with Crippen LogP contribution in [0.5, 0.6) is 0 Å². The number of hydrogen-bond acceptors (Lipinski definition) is 5. The predicted octanol–water partition coefficient (Wildman–Crippen LogP) is 18.0. The Kier molecular flexibility index (Phi) is 9.72. The van der Waals surface area contributed by atoms with Gasteiger partial charge in [0, 0.05) is 38.2 Å². The van der Waals surface area contributed by atoms with Gasteiger partial charge >= 0.3 is 0 Å². The van der Waals surface area contributed by atoms with E-state index in [1.54, 1.807) is 0 Å². The molecule has 5 heteroatoms. The van der Waals surface area contributed by atoms with Crippen LogP contribution in [0, 0.1) is 0 Å². The smallest absolute Gasteiger partial charge is 0.164 e. The molecule has 0 saturated heterocycles. The van der Waals surface area contributed by atoms with E-state index in [0.717, 1.165) is 88.4 Å². The van der Waals surface area contributed by atoms with Gasteiger partial charge < -0.3 is 8.83 Å². The maximum Gasteiger partial charge on any atom is 0.164 e. The third-order valence-electron chi connectivity index (χ3n) is 15.3. The number of para-hydroxylation sites is 1. The number of fused-ring (bicyclic) bond motifs is 9. The molecule has 1 aliphatic rings. The summed E-state index contributed by atoms with van der Waals surface area (Å²) in [5.41, 5.74) is 19.8. The molecule has 11 aromatic carbocycles. The molecule has 0 saturated carbocycles. The minimum Gasteiger partial charge on any atom is -0.456 e. The van der Waals surface area contributed by atoms with Crippen molar-refractivity contribution in [3.05, 3.63) is 283 Å². The van der Waals surface area contributed by atoms with Crippen LogP contribution >= 0.6 is 0 Å². The standard InChI is InChI=1S/C70H43N3O2/c1-4-16-44(17-5-1)45-32-36-48(37-33-45)67-71-68(50-39-41-62-57(43-50)54-22-11-13-28-61(54)74-62)73-69(72-67)56-25-15-29-64-66(56)58-42-49(38-40-63(58)75-64)46-30-34-47(35-31-46)53-24-14-27-60-65(53)55-23-10-12-26-59(55)70(60,51-18-6-2-7-19-51)52-20-8-3-9-21-52/h1-43H. The van der Waals surface area contributed by atoms with Crippen LogP contribution in [0.15, 0.2) is 270 Å². The molecule has 3 aromatic heterocycles. The van der Waals surface area contributed by atoms with Gasteiger partial charge in [0.15, 0.2) is 17.5 Å². The van der Waals surface area contributed by atoms with Gasteiger partial charge in [0.2, 0.25) is 0 Å². The second kappa shape index (κ2) is 17.1. The Bertz CT molecular complexity index is 4460. The minimum absolute atomic E-state index is 0.464. The Labute approximate surface area is 432 Å². The Hall–Kier alpha value is -9.97. The number of aromatic nitrogens is 3. The summed E-state index contributed by atoms with van der Waals surface area (Å²) in [4.78, 5) is 15.7. The molecule has 0 unspecified atom stereocenters. The van der Waals surface area contributed by atoms with Crippen molar-refractivity contribution in [3.63, 3.8) is 0 Å². The SMILES string of the molecule is c1ccc(-c2ccc(-c3nc(-c4ccc5oc6ccccc6c5c4)nc(-c4cccc5oc6ccc(-c7ccc(-c8cccc9c8-c8ccccc8C9(c8ccccc8)c8ccccc8)cc7)cc6c45)n3)cc2)cc1. The largest absolute Gasteiger partial charge is 0.456 e. The second-order valence-corrected chi connectivity index (χ2v) is 19.4. The van der Waals surface area contributed by atoms with Gasteiger partial charge in [-0.15, -0.1) is 0 Å². The van der Waals surface area contributed by atoms with E-state index in [1.807, 2.05) is 48.5 Å². The highest BCUT2D eigenvalue weighted by atomic mass is 16.3. The molecular weight excluding hydrogens is 915 g/mol. The van der Waals surface area contributed by atoms with Gasteiger partial charge in [0.05, 0.1) is 5.41 Å². The van der Waals surface area contributed by atoms with Crippen LogP contribution in [-0.4, -0.2) is 15.0 Å². The fourth-order valence-electron chi connectivity index (χ4n) is 11.8. The number of hydrogen-bond donors (Lipinski definition) is 0. The summed E-state index contributed by atoms with van der Waals surface area (Å²) in [5.74, 6) is 1.71. The first kappa shape index (κ1) is 42.7. The van der Waals surface area contributed by atoms with E-state index < -0.39 is 5.41 Å². The number of nitrogens with zero attached hydrogens (tertiary/aromatic N) is 3. The monoisotopic (exact) mass is 957 g/mol. The van der Waals surface area contributed by atoms with Crippen LogP contribution in [0.25, 0.3) is 123 Å². The Morgan fingerprint density at radius 1 is 0.267 bits per heavy atom. The van der Waals surface area contributed by atoms with Gasteiger partial charge in [-0.05, 0) is 109 Å². The Balaban J connectivity index is 0.845. The molecule has 5 nitrogen and oxygen atoms in total. The molecule has 1 aliphatic carbocycles. The topological polar surface area (TPSA) is 65.0 Å². The van der Waals surface area contributed by atoms with Crippen molar-refractivity contribution in [1.29, 1.82) is 0 Å². The van der Waals surface area contributed by atoms with E-state index in [4.69, 9.17) is 23.8 Å². The zero-order valence-corrected chi connectivity index (χ0v) is 40.5. The molecule has 3 heterocycles. The molecule has 0 aliphatic heterocycles. The highest BCUT2D eigenvalue weighted by Gasteiger charge is 2.46. The highest BCUT2D eigenvalue weighted by Crippen LogP contribution is 2.58. The van der Waals surface area contributed by atoms with Crippen molar-refractivity contribution in [2.45, 2.75) is 5.41 Å². The average Bonchev–Trinajstić information content (AvgIpc) is 4.19. The van der Waals surface area contributed by atoms with Gasteiger partial charge in [-0.25, -0.2) is 15.0 Å². The molecular formula is C70H43N3O2. The van der Waals surface area contributed by atoms with Crippen LogP contribution in [0.3, 0.4) is 0 Å². The quantitative estimate of drug-likeness (QED) is 0.152. The lowest BCUT2D eigenvalue weighted by molar-refractivity contribution is 0.668. The lowest BCUT2D eigenvalue weighted by Gasteiger charge is -2.34. The Morgan fingerprint density at radius 2 is 0.733 bits per heavy atom. The average molecular weight is 958 g/mol. The molecule has 0 bridgehead atoms. The van der Waals surface area contributed by atoms with Gasteiger partial charge in [-0.2, -0.15) is 0 Å². The van der Waals surface area contributed by atoms with Gasteiger partial charge in [-0.1, -0.05) is 218 Å². The fraction of sp³-hybridized carbons (Fsp3) is 0.0143. The molecule has 75 heavy (non-hydrogen) atoms. The number of benzene rings is 11. The van der Waals surface area contributed by atoms with Gasteiger partial charge in [0.25, 0.3) is 0 Å². The van der Waals surface area contributed by atoms with Crippen LogP contribution < -0.4 is 0 Å². The number of rotatable bonds is 8. The van der Waals surface area contributed by atoms with E-state index in [1.165, 1.54) is 38.9 Å². The van der Waals surface area contributed by atoms with E-state index in [9.17, 15) is 0 Å². The molecule has 0 spiro atoms. The molecule has 15 rings (SSSR count). The first-order chi connectivity index (χ1) is 37.2. The first-order valence-electron chi connectivity index (χ1n) is 25.4. The molecule has 0 N–H and O–H groups in total. The Morgan fingerprint density at radius 3 is 1.49 bits per heavy atom. The summed E-state index contributed by atoms with van der Waals surface area (Å²) < 4.78 is 12.8. The van der Waals surface area contributed by atoms with Crippen molar-refractivity contribution >= 4 is 43.9 Å². The molecule has 14 aromatic rings. The van der Waals surface area contributed by atoms with Crippen LogP contribution in [0.4, 0.5) is 0 Å². The fourth-order valence-corrected chi connectivity index (χ4v) is 11.8. The summed E-state index contributed by atoms with van der Waals surface area (Å²) in [7, 11) is 0. The van der Waals surface area contributed by atoms with Gasteiger partial charge in [-0.3, -0.25) is 0 Å². The predicted molar refractivity (Wildman–Crippen MR) is 304 cm³/mol. The van der Waals surface area contributed by atoms with Crippen molar-refractivity contribution in [3.8, 4) is 78.7 Å². The van der Waals surface area contributed by atoms with E-state index >= 15 is 0 Å². The van der Waals surface area contributed by atoms with Crippen molar-refractivity contribution < 1.29 is 8.83 Å². The maximum absolute atomic E-state index is 6.62. The summed E-state index contributed by atoms with van der Waals surface area (Å²) in [6, 6.07) is 92.5. The normalized spacial score (nSPS) is 12.6. The van der Waals surface area contributed by atoms with E-state index in [2.05, 4.69) is 212 Å². The summed E-state index contributed by atoms with van der Waals surface area (Å²) in [5, 5.41) is 3.99. The zero-order valence-electron chi connectivity index (χ0n) is 40.5. The second-order valence-electron chi connectivity index (χ2n) is 19.4. The minimum atomic E-state index is -0.464. The molecule has 0 atom stereocenters.